The van der Waals surface area contributed by atoms with Gasteiger partial charge in [0.25, 0.3) is 0 Å². The first kappa shape index (κ1) is 15.6. The summed E-state index contributed by atoms with van der Waals surface area (Å²) in [5.74, 6) is 2.07. The SMILES string of the molecule is C=C/C=C(\C=C)Oc1ccc(-c2cc3ccc(C=O)cc3o2)cc1. The lowest BCUT2D eigenvalue weighted by molar-refractivity contribution is 0.112. The zero-order chi connectivity index (χ0) is 16.9. The van der Waals surface area contributed by atoms with Gasteiger partial charge in [-0.15, -0.1) is 0 Å². The normalized spacial score (nSPS) is 11.2. The van der Waals surface area contributed by atoms with Gasteiger partial charge in [0.1, 0.15) is 29.1 Å². The second kappa shape index (κ2) is 6.84. The summed E-state index contributed by atoms with van der Waals surface area (Å²) >= 11 is 0. The van der Waals surface area contributed by atoms with Gasteiger partial charge in [0.05, 0.1) is 0 Å². The highest BCUT2D eigenvalue weighted by atomic mass is 16.5. The Hall–Kier alpha value is -3.33. The summed E-state index contributed by atoms with van der Waals surface area (Å²) in [7, 11) is 0. The molecule has 0 amide bonds. The van der Waals surface area contributed by atoms with Crippen LogP contribution in [0.1, 0.15) is 10.4 Å². The van der Waals surface area contributed by atoms with Crippen molar-refractivity contribution in [1.82, 2.24) is 0 Å². The Morgan fingerprint density at radius 2 is 1.83 bits per heavy atom. The molecule has 0 bridgehead atoms. The average molecular weight is 316 g/mol. The second-order valence-corrected chi connectivity index (χ2v) is 5.16. The number of furan rings is 1. The van der Waals surface area contributed by atoms with Crippen LogP contribution in [0.15, 0.2) is 90.1 Å². The van der Waals surface area contributed by atoms with E-state index in [1.54, 1.807) is 30.4 Å². The topological polar surface area (TPSA) is 39.4 Å². The van der Waals surface area contributed by atoms with Crippen molar-refractivity contribution in [3.63, 3.8) is 0 Å². The van der Waals surface area contributed by atoms with Crippen LogP contribution in [-0.2, 0) is 0 Å². The Balaban J connectivity index is 1.87. The lowest BCUT2D eigenvalue weighted by Gasteiger charge is -2.06. The summed E-state index contributed by atoms with van der Waals surface area (Å²) in [6, 6.07) is 14.9. The number of carbonyl (C=O) groups is 1. The monoisotopic (exact) mass is 316 g/mol. The maximum Gasteiger partial charge on any atom is 0.150 e. The molecular formula is C21H16O3. The Morgan fingerprint density at radius 1 is 1.04 bits per heavy atom. The summed E-state index contributed by atoms with van der Waals surface area (Å²) in [4.78, 5) is 10.9. The first-order valence-corrected chi connectivity index (χ1v) is 7.45. The largest absolute Gasteiger partial charge is 0.457 e. The molecule has 2 aromatic carbocycles. The fraction of sp³-hybridized carbons (Fsp3) is 0. The highest BCUT2D eigenvalue weighted by molar-refractivity contribution is 5.88. The van der Waals surface area contributed by atoms with E-state index in [1.165, 1.54) is 0 Å². The quantitative estimate of drug-likeness (QED) is 0.340. The minimum absolute atomic E-state index is 0.595. The van der Waals surface area contributed by atoms with E-state index in [9.17, 15) is 4.79 Å². The molecule has 0 saturated heterocycles. The second-order valence-electron chi connectivity index (χ2n) is 5.16. The molecule has 3 aromatic rings. The molecule has 0 unspecified atom stereocenters. The molecular weight excluding hydrogens is 300 g/mol. The van der Waals surface area contributed by atoms with Crippen LogP contribution in [0.3, 0.4) is 0 Å². The first-order valence-electron chi connectivity index (χ1n) is 7.45. The smallest absolute Gasteiger partial charge is 0.150 e. The lowest BCUT2D eigenvalue weighted by atomic mass is 10.1. The number of hydrogen-bond acceptors (Lipinski definition) is 3. The number of hydrogen-bond donors (Lipinski definition) is 0. The summed E-state index contributed by atoms with van der Waals surface area (Å²) in [6.07, 6.45) is 5.82. The summed E-state index contributed by atoms with van der Waals surface area (Å²) in [5, 5.41) is 0.957. The molecule has 1 aromatic heterocycles. The Kier molecular flexibility index (Phi) is 4.43. The number of fused-ring (bicyclic) bond motifs is 1. The molecule has 0 aliphatic carbocycles. The maximum absolute atomic E-state index is 10.9. The van der Waals surface area contributed by atoms with Crippen LogP contribution >= 0.6 is 0 Å². The van der Waals surface area contributed by atoms with Crippen molar-refractivity contribution >= 4 is 17.3 Å². The third kappa shape index (κ3) is 3.20. The maximum atomic E-state index is 10.9. The molecule has 118 valence electrons. The highest BCUT2D eigenvalue weighted by Gasteiger charge is 2.07. The predicted octanol–water partition coefficient (Wildman–Crippen LogP) is 5.55. The number of carbonyl (C=O) groups excluding carboxylic acids is 1. The van der Waals surface area contributed by atoms with E-state index < -0.39 is 0 Å². The van der Waals surface area contributed by atoms with Crippen molar-refractivity contribution < 1.29 is 13.9 Å². The van der Waals surface area contributed by atoms with Crippen LogP contribution in [0.25, 0.3) is 22.3 Å². The van der Waals surface area contributed by atoms with E-state index in [-0.39, 0.29) is 0 Å². The third-order valence-corrected chi connectivity index (χ3v) is 3.54. The van der Waals surface area contributed by atoms with Gasteiger partial charge >= 0.3 is 0 Å². The number of aldehydes is 1. The molecule has 0 fully saturated rings. The van der Waals surface area contributed by atoms with E-state index in [1.807, 2.05) is 36.4 Å². The lowest BCUT2D eigenvalue weighted by Crippen LogP contribution is -1.91. The number of ether oxygens (including phenoxy) is 1. The summed E-state index contributed by atoms with van der Waals surface area (Å²) in [5.41, 5.74) is 2.22. The van der Waals surface area contributed by atoms with Crippen LogP contribution in [0.4, 0.5) is 0 Å². The van der Waals surface area contributed by atoms with Gasteiger partial charge in [-0.05, 0) is 48.6 Å². The minimum Gasteiger partial charge on any atom is -0.457 e. The van der Waals surface area contributed by atoms with Gasteiger partial charge in [0.15, 0.2) is 0 Å². The molecule has 0 radical (unpaired) electrons. The molecule has 0 N–H and O–H groups in total. The van der Waals surface area contributed by atoms with Gasteiger partial charge in [-0.3, -0.25) is 4.79 Å². The Bertz CT molecular complexity index is 927. The van der Waals surface area contributed by atoms with Crippen molar-refractivity contribution in [2.45, 2.75) is 0 Å². The van der Waals surface area contributed by atoms with Crippen molar-refractivity contribution in [2.75, 3.05) is 0 Å². The molecule has 3 heteroatoms. The fourth-order valence-electron chi connectivity index (χ4n) is 2.35. The van der Waals surface area contributed by atoms with Crippen LogP contribution in [-0.4, -0.2) is 6.29 Å². The third-order valence-electron chi connectivity index (χ3n) is 3.54. The number of allylic oxidation sites excluding steroid dienone is 3. The molecule has 0 saturated carbocycles. The molecule has 0 aliphatic heterocycles. The fourth-order valence-corrected chi connectivity index (χ4v) is 2.35. The molecule has 3 nitrogen and oxygen atoms in total. The molecule has 0 aliphatic rings. The van der Waals surface area contributed by atoms with Crippen LogP contribution in [0.2, 0.25) is 0 Å². The van der Waals surface area contributed by atoms with Gasteiger partial charge in [0.2, 0.25) is 0 Å². The molecule has 1 heterocycles. The Morgan fingerprint density at radius 3 is 2.50 bits per heavy atom. The molecule has 24 heavy (non-hydrogen) atoms. The van der Waals surface area contributed by atoms with Crippen LogP contribution < -0.4 is 4.74 Å². The van der Waals surface area contributed by atoms with Crippen LogP contribution in [0, 0.1) is 0 Å². The van der Waals surface area contributed by atoms with Gasteiger partial charge in [0, 0.05) is 16.5 Å². The van der Waals surface area contributed by atoms with Crippen molar-refractivity contribution in [3.8, 4) is 17.1 Å². The average Bonchev–Trinajstić information content (AvgIpc) is 3.05. The highest BCUT2D eigenvalue weighted by Crippen LogP contribution is 2.29. The van der Waals surface area contributed by atoms with Crippen LogP contribution in [0.5, 0.6) is 5.75 Å². The number of benzene rings is 2. The zero-order valence-electron chi connectivity index (χ0n) is 13.1. The molecule has 0 atom stereocenters. The van der Waals surface area contributed by atoms with E-state index in [4.69, 9.17) is 9.15 Å². The molecule has 3 rings (SSSR count). The van der Waals surface area contributed by atoms with Gasteiger partial charge in [-0.2, -0.15) is 0 Å². The van der Waals surface area contributed by atoms with Gasteiger partial charge in [-0.1, -0.05) is 31.4 Å². The summed E-state index contributed by atoms with van der Waals surface area (Å²) < 4.78 is 11.5. The summed E-state index contributed by atoms with van der Waals surface area (Å²) in [6.45, 7) is 7.34. The van der Waals surface area contributed by atoms with Crippen molar-refractivity contribution in [1.29, 1.82) is 0 Å². The van der Waals surface area contributed by atoms with E-state index in [0.717, 1.165) is 23.0 Å². The number of rotatable bonds is 6. The minimum atomic E-state index is 0.595. The first-order chi connectivity index (χ1) is 11.7. The van der Waals surface area contributed by atoms with E-state index >= 15 is 0 Å². The predicted molar refractivity (Wildman–Crippen MR) is 96.1 cm³/mol. The molecule has 0 spiro atoms. The van der Waals surface area contributed by atoms with Crippen molar-refractivity contribution in [2.24, 2.45) is 0 Å². The Labute approximate surface area is 140 Å². The van der Waals surface area contributed by atoms with E-state index in [2.05, 4.69) is 13.2 Å². The van der Waals surface area contributed by atoms with Gasteiger partial charge < -0.3 is 9.15 Å². The van der Waals surface area contributed by atoms with Gasteiger partial charge in [-0.25, -0.2) is 0 Å². The zero-order valence-corrected chi connectivity index (χ0v) is 13.1. The van der Waals surface area contributed by atoms with Crippen molar-refractivity contribution in [3.05, 3.63) is 91.2 Å². The van der Waals surface area contributed by atoms with E-state index in [0.29, 0.717) is 22.7 Å². The standard InChI is InChI=1S/C21H16O3/c1-3-5-18(4-2)23-19-10-8-16(9-11-19)21-13-17-7-6-15(14-22)12-20(17)24-21/h3-14H,1-2H2/b18-5+.